The fourth-order valence-electron chi connectivity index (χ4n) is 2.26. The zero-order valence-electron chi connectivity index (χ0n) is 12.2. The van der Waals surface area contributed by atoms with E-state index in [4.69, 9.17) is 0 Å². The summed E-state index contributed by atoms with van der Waals surface area (Å²) in [5.41, 5.74) is 0.200. The highest BCUT2D eigenvalue weighted by Crippen LogP contribution is 2.27. The van der Waals surface area contributed by atoms with Crippen LogP contribution in [0.4, 0.5) is 0 Å². The highest BCUT2D eigenvalue weighted by molar-refractivity contribution is 6.06. The third-order valence-electron chi connectivity index (χ3n) is 3.30. The number of hydrogen-bond donors (Lipinski definition) is 2. The van der Waals surface area contributed by atoms with E-state index in [-0.39, 0.29) is 22.6 Å². The highest BCUT2D eigenvalue weighted by Gasteiger charge is 2.25. The van der Waals surface area contributed by atoms with E-state index in [1.165, 1.54) is 12.3 Å². The van der Waals surface area contributed by atoms with Gasteiger partial charge in [0.05, 0.1) is 22.6 Å². The van der Waals surface area contributed by atoms with Gasteiger partial charge in [-0.15, -0.1) is 0 Å². The van der Waals surface area contributed by atoms with Crippen LogP contribution in [0.25, 0.3) is 22.8 Å². The maximum atomic E-state index is 11.6. The second-order valence-corrected chi connectivity index (χ2v) is 4.82. The van der Waals surface area contributed by atoms with E-state index in [9.17, 15) is 19.8 Å². The van der Waals surface area contributed by atoms with Crippen LogP contribution >= 0.6 is 0 Å². The van der Waals surface area contributed by atoms with Crippen LogP contribution in [-0.4, -0.2) is 37.1 Å². The summed E-state index contributed by atoms with van der Waals surface area (Å²) in [5, 5.41) is 18.9. The van der Waals surface area contributed by atoms with Crippen molar-refractivity contribution in [3.63, 3.8) is 0 Å². The standard InChI is InChI=1S/C17H11N3O4/c21-16(22)10-9-13(11-5-1-3-7-18-11)20-15(14(10)17(23)24)12-6-2-4-8-19-12/h1-9H,(H,21,22)(H,23,24). The van der Waals surface area contributed by atoms with Gasteiger partial charge in [-0.2, -0.15) is 0 Å². The number of carboxylic acids is 2. The van der Waals surface area contributed by atoms with Crippen molar-refractivity contribution in [1.29, 1.82) is 0 Å². The lowest BCUT2D eigenvalue weighted by atomic mass is 10.0. The number of carboxylic acid groups (broad SMARTS) is 2. The van der Waals surface area contributed by atoms with Crippen LogP contribution < -0.4 is 0 Å². The van der Waals surface area contributed by atoms with E-state index in [0.717, 1.165) is 0 Å². The first-order valence-electron chi connectivity index (χ1n) is 6.92. The molecular weight excluding hydrogens is 310 g/mol. The molecule has 0 aliphatic carbocycles. The third-order valence-corrected chi connectivity index (χ3v) is 3.30. The van der Waals surface area contributed by atoms with E-state index >= 15 is 0 Å². The van der Waals surface area contributed by atoms with Crippen LogP contribution in [0, 0.1) is 0 Å². The van der Waals surface area contributed by atoms with Gasteiger partial charge < -0.3 is 10.2 Å². The average Bonchev–Trinajstić information content (AvgIpc) is 2.62. The Kier molecular flexibility index (Phi) is 3.98. The van der Waals surface area contributed by atoms with E-state index in [1.807, 2.05) is 0 Å². The lowest BCUT2D eigenvalue weighted by Crippen LogP contribution is -2.12. The molecule has 3 heterocycles. The predicted octanol–water partition coefficient (Wildman–Crippen LogP) is 2.60. The molecule has 7 heteroatoms. The molecule has 3 aromatic heterocycles. The Morgan fingerprint density at radius 1 is 0.792 bits per heavy atom. The second kappa shape index (κ2) is 6.25. The van der Waals surface area contributed by atoms with Gasteiger partial charge in [0.2, 0.25) is 0 Å². The van der Waals surface area contributed by atoms with Gasteiger partial charge in [0.1, 0.15) is 11.3 Å². The van der Waals surface area contributed by atoms with Gasteiger partial charge in [-0.3, -0.25) is 9.97 Å². The van der Waals surface area contributed by atoms with Crippen molar-refractivity contribution in [3.05, 3.63) is 66.0 Å². The Hall–Kier alpha value is -3.61. The van der Waals surface area contributed by atoms with Crippen molar-refractivity contribution in [2.24, 2.45) is 0 Å². The zero-order chi connectivity index (χ0) is 17.1. The molecule has 7 nitrogen and oxygen atoms in total. The zero-order valence-corrected chi connectivity index (χ0v) is 12.2. The molecule has 0 fully saturated rings. The molecule has 3 aromatic rings. The van der Waals surface area contributed by atoms with Crippen molar-refractivity contribution in [2.75, 3.05) is 0 Å². The summed E-state index contributed by atoms with van der Waals surface area (Å²) < 4.78 is 0. The van der Waals surface area contributed by atoms with Crippen molar-refractivity contribution in [2.45, 2.75) is 0 Å². The number of aromatic nitrogens is 3. The number of nitrogens with zero attached hydrogens (tertiary/aromatic N) is 3. The van der Waals surface area contributed by atoms with E-state index in [1.54, 1.807) is 42.6 Å². The fraction of sp³-hybridized carbons (Fsp3) is 0. The number of carbonyl (C=O) groups is 2. The molecule has 0 aliphatic rings. The monoisotopic (exact) mass is 321 g/mol. The first-order chi connectivity index (χ1) is 11.6. The number of hydrogen-bond acceptors (Lipinski definition) is 5. The summed E-state index contributed by atoms with van der Waals surface area (Å²) in [4.78, 5) is 35.7. The molecule has 0 saturated carbocycles. The summed E-state index contributed by atoms with van der Waals surface area (Å²) in [6, 6.07) is 11.2. The smallest absolute Gasteiger partial charge is 0.338 e. The summed E-state index contributed by atoms with van der Waals surface area (Å²) in [6.07, 6.45) is 3.03. The lowest BCUT2D eigenvalue weighted by molar-refractivity contribution is 0.0652. The average molecular weight is 321 g/mol. The first kappa shape index (κ1) is 15.3. The topological polar surface area (TPSA) is 113 Å². The van der Waals surface area contributed by atoms with Crippen LogP contribution in [0.3, 0.4) is 0 Å². The summed E-state index contributed by atoms with van der Waals surface area (Å²) in [5.74, 6) is -2.74. The SMILES string of the molecule is O=C(O)c1cc(-c2ccccn2)nc(-c2ccccn2)c1C(=O)O. The minimum atomic E-state index is -1.38. The molecule has 3 rings (SSSR count). The highest BCUT2D eigenvalue weighted by atomic mass is 16.4. The molecule has 0 unspecified atom stereocenters. The Labute approximate surface area is 136 Å². The Bertz CT molecular complexity index is 912. The number of pyridine rings is 3. The molecule has 24 heavy (non-hydrogen) atoms. The maximum Gasteiger partial charge on any atom is 0.338 e. The van der Waals surface area contributed by atoms with Gasteiger partial charge in [0.15, 0.2) is 0 Å². The Balaban J connectivity index is 2.35. The molecule has 0 amide bonds. The minimum absolute atomic E-state index is 0.0105. The molecule has 0 spiro atoms. The van der Waals surface area contributed by atoms with Gasteiger partial charge in [0, 0.05) is 12.4 Å². The van der Waals surface area contributed by atoms with Crippen LogP contribution in [0.5, 0.6) is 0 Å². The van der Waals surface area contributed by atoms with Crippen molar-refractivity contribution in [1.82, 2.24) is 15.0 Å². The lowest BCUT2D eigenvalue weighted by Gasteiger charge is -2.11. The van der Waals surface area contributed by atoms with E-state index < -0.39 is 17.5 Å². The summed E-state index contributed by atoms with van der Waals surface area (Å²) in [6.45, 7) is 0. The van der Waals surface area contributed by atoms with Gasteiger partial charge in [-0.05, 0) is 30.3 Å². The van der Waals surface area contributed by atoms with Crippen LogP contribution in [0.15, 0.2) is 54.9 Å². The fourth-order valence-corrected chi connectivity index (χ4v) is 2.26. The molecule has 118 valence electrons. The van der Waals surface area contributed by atoms with E-state index in [0.29, 0.717) is 5.69 Å². The Morgan fingerprint density at radius 3 is 1.92 bits per heavy atom. The quantitative estimate of drug-likeness (QED) is 0.759. The molecule has 0 saturated heterocycles. The van der Waals surface area contributed by atoms with Crippen molar-refractivity contribution >= 4 is 11.9 Å². The van der Waals surface area contributed by atoms with Gasteiger partial charge in [-0.1, -0.05) is 12.1 Å². The van der Waals surface area contributed by atoms with Gasteiger partial charge >= 0.3 is 11.9 Å². The van der Waals surface area contributed by atoms with Crippen LogP contribution in [0.1, 0.15) is 20.7 Å². The van der Waals surface area contributed by atoms with E-state index in [2.05, 4.69) is 15.0 Å². The molecule has 0 aromatic carbocycles. The molecular formula is C17H11N3O4. The summed E-state index contributed by atoms with van der Waals surface area (Å²) in [7, 11) is 0. The third kappa shape index (κ3) is 2.82. The number of aromatic carboxylic acids is 2. The van der Waals surface area contributed by atoms with Crippen molar-refractivity contribution in [3.8, 4) is 22.8 Å². The normalized spacial score (nSPS) is 10.3. The molecule has 0 atom stereocenters. The Morgan fingerprint density at radius 2 is 1.42 bits per heavy atom. The minimum Gasteiger partial charge on any atom is -0.478 e. The van der Waals surface area contributed by atoms with Crippen LogP contribution in [-0.2, 0) is 0 Å². The first-order valence-corrected chi connectivity index (χ1v) is 6.92. The molecule has 0 radical (unpaired) electrons. The second-order valence-electron chi connectivity index (χ2n) is 4.82. The molecule has 2 N–H and O–H groups in total. The predicted molar refractivity (Wildman–Crippen MR) is 84.6 cm³/mol. The van der Waals surface area contributed by atoms with Crippen LogP contribution in [0.2, 0.25) is 0 Å². The molecule has 0 bridgehead atoms. The van der Waals surface area contributed by atoms with Gasteiger partial charge in [-0.25, -0.2) is 14.6 Å². The van der Waals surface area contributed by atoms with Gasteiger partial charge in [0.25, 0.3) is 0 Å². The largest absolute Gasteiger partial charge is 0.478 e. The van der Waals surface area contributed by atoms with Crippen molar-refractivity contribution < 1.29 is 19.8 Å². The molecule has 0 aliphatic heterocycles. The maximum absolute atomic E-state index is 11.6. The summed E-state index contributed by atoms with van der Waals surface area (Å²) >= 11 is 0. The number of rotatable bonds is 4.